The number of rotatable bonds is 11. The van der Waals surface area contributed by atoms with E-state index >= 15 is 0 Å². The number of hydrogen-bond acceptors (Lipinski definition) is 5. The molecule has 1 fully saturated rings. The number of nitrogens with one attached hydrogen (secondary N) is 2. The highest BCUT2D eigenvalue weighted by molar-refractivity contribution is 5.97. The third kappa shape index (κ3) is 8.34. The van der Waals surface area contributed by atoms with E-state index in [-0.39, 0.29) is 36.3 Å². The first-order chi connectivity index (χ1) is 19.5. The minimum atomic E-state index is -1.81. The molecule has 218 valence electrons. The van der Waals surface area contributed by atoms with Crippen molar-refractivity contribution >= 4 is 17.7 Å². The van der Waals surface area contributed by atoms with Crippen LogP contribution in [0.3, 0.4) is 0 Å². The van der Waals surface area contributed by atoms with E-state index in [0.717, 1.165) is 11.0 Å². The number of halogens is 2. The molecule has 1 aliphatic heterocycles. The molecule has 4 N–H and O–H groups in total. The van der Waals surface area contributed by atoms with E-state index in [1.54, 1.807) is 44.2 Å². The number of phenolic OH excluding ortho intramolecular Hbond substituents is 1. The minimum Gasteiger partial charge on any atom is -0.508 e. The Hall–Kier alpha value is -4.31. The molecule has 0 saturated carbocycles. The summed E-state index contributed by atoms with van der Waals surface area (Å²) in [6, 6.07) is 10.9. The summed E-state index contributed by atoms with van der Waals surface area (Å²) < 4.78 is 28.2. The van der Waals surface area contributed by atoms with Gasteiger partial charge in [0.2, 0.25) is 5.91 Å². The molecule has 0 aliphatic carbocycles. The van der Waals surface area contributed by atoms with Crippen LogP contribution < -0.4 is 10.6 Å². The number of hydrogen-bond donors (Lipinski definition) is 4. The number of aromatic hydroxyl groups is 1. The highest BCUT2D eigenvalue weighted by atomic mass is 19.1. The van der Waals surface area contributed by atoms with Gasteiger partial charge in [0.25, 0.3) is 11.8 Å². The summed E-state index contributed by atoms with van der Waals surface area (Å²) in [7, 11) is 0. The third-order valence-electron chi connectivity index (χ3n) is 6.79. The summed E-state index contributed by atoms with van der Waals surface area (Å²) in [4.78, 5) is 40.5. The van der Waals surface area contributed by atoms with Gasteiger partial charge < -0.3 is 25.7 Å². The van der Waals surface area contributed by atoms with Crippen LogP contribution in [0.4, 0.5) is 8.78 Å². The van der Waals surface area contributed by atoms with Crippen molar-refractivity contribution < 1.29 is 33.4 Å². The van der Waals surface area contributed by atoms with Crippen molar-refractivity contribution in [3.63, 3.8) is 0 Å². The molecule has 0 aromatic heterocycles. The number of nitrogens with zero attached hydrogens (tertiary/aromatic N) is 1. The number of carbonyl (C=O) groups excluding carboxylic acids is 3. The molecule has 0 radical (unpaired) electrons. The third-order valence-corrected chi connectivity index (χ3v) is 6.79. The van der Waals surface area contributed by atoms with Crippen LogP contribution in [0.15, 0.2) is 84.7 Å². The van der Waals surface area contributed by atoms with Crippen LogP contribution in [-0.4, -0.2) is 70.3 Å². The number of likely N-dealkylation sites (tertiary alicyclic amines) is 1. The number of aliphatic hydroxyl groups excluding tert-OH is 1. The zero-order valence-electron chi connectivity index (χ0n) is 23.0. The van der Waals surface area contributed by atoms with Crippen molar-refractivity contribution in [2.45, 2.75) is 51.0 Å². The molecule has 1 saturated heterocycles. The zero-order chi connectivity index (χ0) is 30.1. The predicted molar refractivity (Wildman–Crippen MR) is 151 cm³/mol. The van der Waals surface area contributed by atoms with Crippen LogP contribution >= 0.6 is 0 Å². The van der Waals surface area contributed by atoms with Crippen LogP contribution in [-0.2, 0) is 16.0 Å². The van der Waals surface area contributed by atoms with E-state index in [4.69, 9.17) is 0 Å². The summed E-state index contributed by atoms with van der Waals surface area (Å²) in [5.41, 5.74) is 1.45. The smallest absolute Gasteiger partial charge is 0.254 e. The number of alkyl halides is 1. The Morgan fingerprint density at radius 3 is 2.56 bits per heavy atom. The Bertz CT molecular complexity index is 1330. The van der Waals surface area contributed by atoms with Crippen LogP contribution in [0, 0.1) is 6.92 Å². The Morgan fingerprint density at radius 2 is 1.88 bits per heavy atom. The number of allylic oxidation sites excluding steroid dienone is 3. The highest BCUT2D eigenvalue weighted by Crippen LogP contribution is 2.24. The molecule has 0 spiro atoms. The van der Waals surface area contributed by atoms with Crippen molar-refractivity contribution in [2.75, 3.05) is 13.1 Å². The van der Waals surface area contributed by atoms with E-state index in [0.29, 0.717) is 11.1 Å². The SMILES string of the molecule is C=C(/C=C(F)\C=C/C)CNC(=O)[C@@H]1C[C@H](F)CN1C(=O)[C@@H](O)[C@H](Cc1ccccc1)NC(=O)c1cccc(O)c1C. The molecule has 3 rings (SSSR count). The Morgan fingerprint density at radius 1 is 1.17 bits per heavy atom. The molecular weight excluding hydrogens is 532 g/mol. The molecule has 8 nitrogen and oxygen atoms in total. The average molecular weight is 568 g/mol. The van der Waals surface area contributed by atoms with Gasteiger partial charge in [-0.1, -0.05) is 49.1 Å². The highest BCUT2D eigenvalue weighted by Gasteiger charge is 2.43. The summed E-state index contributed by atoms with van der Waals surface area (Å²) in [6.07, 6.45) is 0.337. The lowest BCUT2D eigenvalue weighted by atomic mass is 9.98. The van der Waals surface area contributed by atoms with Crippen LogP contribution in [0.2, 0.25) is 0 Å². The van der Waals surface area contributed by atoms with E-state index in [1.807, 2.05) is 0 Å². The molecule has 4 atom stereocenters. The fraction of sp³-hybridized carbons (Fsp3) is 0.323. The second-order valence-electron chi connectivity index (χ2n) is 9.91. The summed E-state index contributed by atoms with van der Waals surface area (Å²) >= 11 is 0. The number of carbonyl (C=O) groups is 3. The lowest BCUT2D eigenvalue weighted by molar-refractivity contribution is -0.146. The molecular formula is C31H35F2N3O5. The van der Waals surface area contributed by atoms with Gasteiger partial charge in [-0.25, -0.2) is 8.78 Å². The van der Waals surface area contributed by atoms with Crippen molar-refractivity contribution in [1.82, 2.24) is 15.5 Å². The van der Waals surface area contributed by atoms with Gasteiger partial charge in [0.15, 0.2) is 6.10 Å². The van der Waals surface area contributed by atoms with Crippen molar-refractivity contribution in [2.24, 2.45) is 0 Å². The van der Waals surface area contributed by atoms with Gasteiger partial charge in [-0.3, -0.25) is 14.4 Å². The van der Waals surface area contributed by atoms with Crippen LogP contribution in [0.25, 0.3) is 0 Å². The standard InChI is InChI=1S/C31H35F2N3O5/c1-4-9-22(32)14-19(2)17-34-30(40)26-16-23(33)18-36(26)31(41)28(38)25(15-21-10-6-5-7-11-21)35-29(39)24-12-8-13-27(37)20(24)3/h4-14,23,25-26,28,37-38H,2,15-18H2,1,3H3,(H,34,40)(H,35,39)/b9-4-,22-14+/t23-,25-,26-,28-/m0/s1. The van der Waals surface area contributed by atoms with Crippen molar-refractivity contribution in [1.29, 1.82) is 0 Å². The molecule has 2 aromatic rings. The van der Waals surface area contributed by atoms with E-state index in [9.17, 15) is 33.4 Å². The molecule has 10 heteroatoms. The predicted octanol–water partition coefficient (Wildman–Crippen LogP) is 3.44. The molecule has 41 heavy (non-hydrogen) atoms. The largest absolute Gasteiger partial charge is 0.508 e. The lowest BCUT2D eigenvalue weighted by Gasteiger charge is -2.30. The fourth-order valence-electron chi connectivity index (χ4n) is 4.62. The van der Waals surface area contributed by atoms with Crippen LogP contribution in [0.1, 0.15) is 34.8 Å². The van der Waals surface area contributed by atoms with Gasteiger partial charge >= 0.3 is 0 Å². The summed E-state index contributed by atoms with van der Waals surface area (Å²) in [5.74, 6) is -2.86. The number of aliphatic hydroxyl groups is 1. The van der Waals surface area contributed by atoms with E-state index in [2.05, 4.69) is 17.2 Å². The zero-order valence-corrected chi connectivity index (χ0v) is 23.0. The number of phenols is 1. The second-order valence-corrected chi connectivity index (χ2v) is 9.91. The van der Waals surface area contributed by atoms with Gasteiger partial charge in [-0.05, 0) is 55.7 Å². The molecule has 1 aliphatic rings. The van der Waals surface area contributed by atoms with Crippen molar-refractivity contribution in [3.05, 3.63) is 101 Å². The first-order valence-electron chi connectivity index (χ1n) is 13.2. The first kappa shape index (κ1) is 31.2. The van der Waals surface area contributed by atoms with Gasteiger partial charge in [0, 0.05) is 24.1 Å². The molecule has 0 bridgehead atoms. The van der Waals surface area contributed by atoms with E-state index in [1.165, 1.54) is 30.4 Å². The number of amides is 3. The number of benzene rings is 2. The maximum atomic E-state index is 14.5. The van der Waals surface area contributed by atoms with E-state index < -0.39 is 54.5 Å². The lowest BCUT2D eigenvalue weighted by Crippen LogP contribution is -2.56. The Kier molecular flexibility index (Phi) is 10.9. The van der Waals surface area contributed by atoms with Gasteiger partial charge in [0.05, 0.1) is 12.6 Å². The maximum Gasteiger partial charge on any atom is 0.254 e. The Labute approximate surface area is 238 Å². The minimum absolute atomic E-state index is 0.0606. The summed E-state index contributed by atoms with van der Waals surface area (Å²) in [5, 5.41) is 26.4. The molecule has 3 amide bonds. The van der Waals surface area contributed by atoms with Gasteiger partial charge in [0.1, 0.15) is 23.8 Å². The molecule has 2 aromatic carbocycles. The second kappa shape index (κ2) is 14.4. The summed E-state index contributed by atoms with van der Waals surface area (Å²) in [6.45, 7) is 6.35. The normalized spacial score (nSPS) is 18.7. The Balaban J connectivity index is 1.78. The average Bonchev–Trinajstić information content (AvgIpc) is 3.34. The maximum absolute atomic E-state index is 14.5. The van der Waals surface area contributed by atoms with Gasteiger partial charge in [-0.2, -0.15) is 0 Å². The van der Waals surface area contributed by atoms with Crippen LogP contribution in [0.5, 0.6) is 5.75 Å². The first-order valence-corrected chi connectivity index (χ1v) is 13.2. The fourth-order valence-corrected chi connectivity index (χ4v) is 4.62. The van der Waals surface area contributed by atoms with Gasteiger partial charge in [-0.15, -0.1) is 0 Å². The monoisotopic (exact) mass is 567 g/mol. The van der Waals surface area contributed by atoms with Crippen molar-refractivity contribution in [3.8, 4) is 5.75 Å². The molecule has 0 unspecified atom stereocenters. The quantitative estimate of drug-likeness (QED) is 0.310. The topological polar surface area (TPSA) is 119 Å². The molecule has 1 heterocycles.